The number of carbonyl (C=O) groups is 1. The third kappa shape index (κ3) is 4.67. The molecule has 1 aliphatic rings. The van der Waals surface area contributed by atoms with Gasteiger partial charge >= 0.3 is 0 Å². The fraction of sp³-hybridized carbons (Fsp3) is 0.375. The van der Waals surface area contributed by atoms with Crippen LogP contribution in [0.4, 0.5) is 0 Å². The second-order valence-corrected chi connectivity index (χ2v) is 10.0. The SMILES string of the molecule is C[C@H](C(=O)NCCCc1ccccc1)n1ccc2cc(S(=O)(=O)N3CCCC3)ccc21. The number of carbonyl (C=O) groups excluding carboxylic acids is 1. The maximum absolute atomic E-state index is 12.8. The van der Waals surface area contributed by atoms with Crippen molar-refractivity contribution < 1.29 is 13.2 Å². The summed E-state index contributed by atoms with van der Waals surface area (Å²) in [6, 6.07) is 16.9. The first-order chi connectivity index (χ1) is 15.0. The predicted octanol–water partition coefficient (Wildman–Crippen LogP) is 3.74. The van der Waals surface area contributed by atoms with Gasteiger partial charge in [0, 0.05) is 36.7 Å². The van der Waals surface area contributed by atoms with Crippen LogP contribution in [0, 0.1) is 0 Å². The molecule has 31 heavy (non-hydrogen) atoms. The molecule has 1 N–H and O–H groups in total. The molecular formula is C24H29N3O3S. The van der Waals surface area contributed by atoms with E-state index < -0.39 is 10.0 Å². The second-order valence-electron chi connectivity index (χ2n) is 8.11. The van der Waals surface area contributed by atoms with E-state index in [1.807, 2.05) is 42.0 Å². The van der Waals surface area contributed by atoms with Crippen molar-refractivity contribution >= 4 is 26.8 Å². The minimum atomic E-state index is -3.45. The number of rotatable bonds is 8. The van der Waals surface area contributed by atoms with Gasteiger partial charge in [0.1, 0.15) is 6.04 Å². The molecule has 0 radical (unpaired) electrons. The Kier molecular flexibility index (Phi) is 6.43. The van der Waals surface area contributed by atoms with Crippen LogP contribution in [0.25, 0.3) is 10.9 Å². The fourth-order valence-electron chi connectivity index (χ4n) is 4.14. The lowest BCUT2D eigenvalue weighted by atomic mass is 10.1. The maximum Gasteiger partial charge on any atom is 0.243 e. The molecule has 7 heteroatoms. The van der Waals surface area contributed by atoms with Gasteiger partial charge in [0.25, 0.3) is 0 Å². The number of aromatic nitrogens is 1. The zero-order valence-electron chi connectivity index (χ0n) is 17.8. The van der Waals surface area contributed by atoms with Gasteiger partial charge < -0.3 is 9.88 Å². The van der Waals surface area contributed by atoms with E-state index in [4.69, 9.17) is 0 Å². The number of sulfonamides is 1. The molecule has 164 valence electrons. The van der Waals surface area contributed by atoms with Gasteiger partial charge in [0.2, 0.25) is 15.9 Å². The molecule has 0 aliphatic carbocycles. The van der Waals surface area contributed by atoms with Crippen LogP contribution in [-0.4, -0.2) is 42.8 Å². The zero-order valence-corrected chi connectivity index (χ0v) is 18.6. The minimum Gasteiger partial charge on any atom is -0.354 e. The first-order valence-corrected chi connectivity index (χ1v) is 12.3. The van der Waals surface area contributed by atoms with Crippen LogP contribution in [0.3, 0.4) is 0 Å². The van der Waals surface area contributed by atoms with Crippen LogP contribution >= 0.6 is 0 Å². The Balaban J connectivity index is 1.41. The number of benzene rings is 2. The topological polar surface area (TPSA) is 71.4 Å². The molecule has 0 bridgehead atoms. The molecule has 0 spiro atoms. The number of nitrogens with one attached hydrogen (secondary N) is 1. The number of hydrogen-bond donors (Lipinski definition) is 1. The van der Waals surface area contributed by atoms with Gasteiger partial charge in [-0.25, -0.2) is 8.42 Å². The molecule has 0 unspecified atom stereocenters. The van der Waals surface area contributed by atoms with Crippen molar-refractivity contribution in [3.8, 4) is 0 Å². The van der Waals surface area contributed by atoms with Gasteiger partial charge in [-0.3, -0.25) is 4.79 Å². The van der Waals surface area contributed by atoms with Crippen molar-refractivity contribution in [1.82, 2.24) is 14.2 Å². The summed E-state index contributed by atoms with van der Waals surface area (Å²) in [6.07, 6.45) is 5.49. The number of hydrogen-bond acceptors (Lipinski definition) is 3. The molecular weight excluding hydrogens is 410 g/mol. The van der Waals surface area contributed by atoms with E-state index in [-0.39, 0.29) is 11.9 Å². The Hall–Kier alpha value is -2.64. The fourth-order valence-corrected chi connectivity index (χ4v) is 5.69. The molecule has 1 aromatic heterocycles. The smallest absolute Gasteiger partial charge is 0.243 e. The van der Waals surface area contributed by atoms with Gasteiger partial charge in [-0.1, -0.05) is 30.3 Å². The van der Waals surface area contributed by atoms with Gasteiger partial charge in [0.15, 0.2) is 0 Å². The Bertz CT molecular complexity index is 1150. The highest BCUT2D eigenvalue weighted by atomic mass is 32.2. The van der Waals surface area contributed by atoms with Gasteiger partial charge in [-0.15, -0.1) is 0 Å². The lowest BCUT2D eigenvalue weighted by Crippen LogP contribution is -2.31. The van der Waals surface area contributed by atoms with Crippen LogP contribution in [0.5, 0.6) is 0 Å². The third-order valence-corrected chi connectivity index (χ3v) is 7.87. The van der Waals surface area contributed by atoms with E-state index in [1.54, 1.807) is 22.5 Å². The lowest BCUT2D eigenvalue weighted by Gasteiger charge is -2.17. The predicted molar refractivity (Wildman–Crippen MR) is 122 cm³/mol. The van der Waals surface area contributed by atoms with Gasteiger partial charge in [-0.05, 0) is 62.4 Å². The highest BCUT2D eigenvalue weighted by Gasteiger charge is 2.27. The molecule has 1 fully saturated rings. The van der Waals surface area contributed by atoms with Crippen molar-refractivity contribution in [3.63, 3.8) is 0 Å². The van der Waals surface area contributed by atoms with Crippen molar-refractivity contribution in [2.45, 2.75) is 43.5 Å². The summed E-state index contributed by atoms with van der Waals surface area (Å²) in [6.45, 7) is 3.65. The van der Waals surface area contributed by atoms with E-state index in [1.165, 1.54) is 5.56 Å². The standard InChI is InChI=1S/C24H29N3O3S/c1-19(24(28)25-14-7-10-20-8-3-2-4-9-20)27-17-13-21-18-22(11-12-23(21)27)31(29,30)26-15-5-6-16-26/h2-4,8-9,11-13,17-19H,5-7,10,14-16H2,1H3,(H,25,28)/t19-/m1/s1. The van der Waals surface area contributed by atoms with Gasteiger partial charge in [-0.2, -0.15) is 4.31 Å². The molecule has 1 saturated heterocycles. The first kappa shape index (κ1) is 21.6. The van der Waals surface area contributed by atoms with Crippen molar-refractivity contribution in [1.29, 1.82) is 0 Å². The van der Waals surface area contributed by atoms with Crippen LogP contribution in [0.1, 0.15) is 37.8 Å². The molecule has 1 aliphatic heterocycles. The molecule has 2 aromatic carbocycles. The van der Waals surface area contributed by atoms with Crippen LogP contribution in [-0.2, 0) is 21.2 Å². The summed E-state index contributed by atoms with van der Waals surface area (Å²) in [5.41, 5.74) is 2.12. The van der Waals surface area contributed by atoms with E-state index in [0.29, 0.717) is 24.5 Å². The summed E-state index contributed by atoms with van der Waals surface area (Å²) in [4.78, 5) is 13.0. The Labute approximate surface area is 183 Å². The monoisotopic (exact) mass is 439 g/mol. The minimum absolute atomic E-state index is 0.0423. The summed E-state index contributed by atoms with van der Waals surface area (Å²) in [5, 5.41) is 3.84. The van der Waals surface area contributed by atoms with Crippen LogP contribution in [0.15, 0.2) is 65.7 Å². The average Bonchev–Trinajstić information content (AvgIpc) is 3.47. The quantitative estimate of drug-likeness (QED) is 0.544. The Morgan fingerprint density at radius 3 is 2.55 bits per heavy atom. The number of aryl methyl sites for hydroxylation is 1. The molecule has 1 atom stereocenters. The Morgan fingerprint density at radius 1 is 1.06 bits per heavy atom. The third-order valence-electron chi connectivity index (χ3n) is 5.98. The second kappa shape index (κ2) is 9.24. The van der Waals surface area contributed by atoms with E-state index in [9.17, 15) is 13.2 Å². The molecule has 6 nitrogen and oxygen atoms in total. The van der Waals surface area contributed by atoms with Crippen LogP contribution < -0.4 is 5.32 Å². The zero-order chi connectivity index (χ0) is 21.8. The van der Waals surface area contributed by atoms with Crippen molar-refractivity contribution in [3.05, 3.63) is 66.4 Å². The molecule has 0 saturated carbocycles. The molecule has 3 aromatic rings. The summed E-state index contributed by atoms with van der Waals surface area (Å²) < 4.78 is 29.1. The molecule has 4 rings (SSSR count). The van der Waals surface area contributed by atoms with Gasteiger partial charge in [0.05, 0.1) is 4.90 Å². The highest BCUT2D eigenvalue weighted by Crippen LogP contribution is 2.26. The highest BCUT2D eigenvalue weighted by molar-refractivity contribution is 7.89. The molecule has 2 heterocycles. The number of fused-ring (bicyclic) bond motifs is 1. The lowest BCUT2D eigenvalue weighted by molar-refractivity contribution is -0.123. The summed E-state index contributed by atoms with van der Waals surface area (Å²) in [5.74, 6) is -0.0423. The largest absolute Gasteiger partial charge is 0.354 e. The summed E-state index contributed by atoms with van der Waals surface area (Å²) >= 11 is 0. The Morgan fingerprint density at radius 2 is 1.81 bits per heavy atom. The van der Waals surface area contributed by atoms with Crippen LogP contribution in [0.2, 0.25) is 0 Å². The van der Waals surface area contributed by atoms with E-state index >= 15 is 0 Å². The van der Waals surface area contributed by atoms with Crippen molar-refractivity contribution in [2.75, 3.05) is 19.6 Å². The average molecular weight is 440 g/mol. The first-order valence-electron chi connectivity index (χ1n) is 10.9. The van der Waals surface area contributed by atoms with E-state index in [2.05, 4.69) is 17.4 Å². The maximum atomic E-state index is 12.8. The normalized spacial score (nSPS) is 15.9. The van der Waals surface area contributed by atoms with E-state index in [0.717, 1.165) is 36.6 Å². The summed E-state index contributed by atoms with van der Waals surface area (Å²) in [7, 11) is -3.45. The van der Waals surface area contributed by atoms with Crippen molar-refractivity contribution in [2.24, 2.45) is 0 Å². The number of amides is 1. The number of nitrogens with zero attached hydrogens (tertiary/aromatic N) is 2. The molecule has 1 amide bonds.